The summed E-state index contributed by atoms with van der Waals surface area (Å²) < 4.78 is 26.8. The van der Waals surface area contributed by atoms with E-state index in [0.717, 1.165) is 19.3 Å². The summed E-state index contributed by atoms with van der Waals surface area (Å²) >= 11 is 0. The summed E-state index contributed by atoms with van der Waals surface area (Å²) in [7, 11) is -3.49. The lowest BCUT2D eigenvalue weighted by Gasteiger charge is -2.14. The Hall–Kier alpha value is -0.850. The fourth-order valence-corrected chi connectivity index (χ4v) is 3.18. The predicted molar refractivity (Wildman–Crippen MR) is 75.2 cm³/mol. The Morgan fingerprint density at radius 3 is 2.53 bits per heavy atom. The number of aromatic nitrogens is 1. The molecule has 110 valence electrons. The maximum absolute atomic E-state index is 12.1. The van der Waals surface area contributed by atoms with Crippen LogP contribution < -0.4 is 4.72 Å². The van der Waals surface area contributed by atoms with E-state index in [0.29, 0.717) is 11.6 Å². The molecule has 0 amide bonds. The number of H-pyrrole nitrogens is 1. The molecule has 0 aromatic carbocycles. The maximum atomic E-state index is 12.1. The molecular formula is C13H24N2O3S. The summed E-state index contributed by atoms with van der Waals surface area (Å²) in [5.41, 5.74) is 0.493. The molecule has 0 spiro atoms. The molecule has 0 aliphatic heterocycles. The number of rotatable bonds is 8. The second-order valence-corrected chi connectivity index (χ2v) is 7.08. The van der Waals surface area contributed by atoms with Crippen LogP contribution in [0.25, 0.3) is 0 Å². The van der Waals surface area contributed by atoms with Crippen LogP contribution in [0, 0.1) is 5.92 Å². The SMILES string of the molecule is CC(C)CCCC(C)NS(=O)(=O)c1c[nH]c(CO)c1. The topological polar surface area (TPSA) is 82.2 Å². The van der Waals surface area contributed by atoms with Crippen LogP contribution in [0.4, 0.5) is 0 Å². The van der Waals surface area contributed by atoms with Gasteiger partial charge in [0, 0.05) is 17.9 Å². The van der Waals surface area contributed by atoms with E-state index in [-0.39, 0.29) is 17.5 Å². The minimum Gasteiger partial charge on any atom is -0.390 e. The first-order chi connectivity index (χ1) is 8.85. The van der Waals surface area contributed by atoms with Gasteiger partial charge in [0.2, 0.25) is 10.0 Å². The quantitative estimate of drug-likeness (QED) is 0.684. The zero-order valence-corrected chi connectivity index (χ0v) is 12.6. The Morgan fingerprint density at radius 1 is 1.32 bits per heavy atom. The summed E-state index contributed by atoms with van der Waals surface area (Å²) in [5.74, 6) is 0.639. The van der Waals surface area contributed by atoms with Crippen LogP contribution in [0.15, 0.2) is 17.2 Å². The minimum absolute atomic E-state index is 0.0868. The Bertz CT molecular complexity index is 480. The molecule has 1 unspecified atom stereocenters. The van der Waals surface area contributed by atoms with Crippen molar-refractivity contribution in [2.24, 2.45) is 5.92 Å². The van der Waals surface area contributed by atoms with Gasteiger partial charge in [0.1, 0.15) is 0 Å². The molecule has 0 fully saturated rings. The van der Waals surface area contributed by atoms with Crippen LogP contribution in [0.3, 0.4) is 0 Å². The van der Waals surface area contributed by atoms with E-state index in [4.69, 9.17) is 5.11 Å². The van der Waals surface area contributed by atoms with Gasteiger partial charge in [-0.15, -0.1) is 0 Å². The Balaban J connectivity index is 2.54. The molecule has 0 aliphatic rings. The van der Waals surface area contributed by atoms with Crippen LogP contribution in [0.5, 0.6) is 0 Å². The van der Waals surface area contributed by atoms with Gasteiger partial charge >= 0.3 is 0 Å². The molecule has 1 aromatic rings. The lowest BCUT2D eigenvalue weighted by molar-refractivity contribution is 0.277. The number of aromatic amines is 1. The Labute approximate surface area is 115 Å². The maximum Gasteiger partial charge on any atom is 0.242 e. The monoisotopic (exact) mass is 288 g/mol. The second kappa shape index (κ2) is 7.07. The summed E-state index contributed by atoms with van der Waals surface area (Å²) in [5, 5.41) is 8.92. The highest BCUT2D eigenvalue weighted by molar-refractivity contribution is 7.89. The summed E-state index contributed by atoms with van der Waals surface area (Å²) in [6, 6.07) is 1.36. The van der Waals surface area contributed by atoms with Crippen molar-refractivity contribution in [2.45, 2.75) is 57.6 Å². The van der Waals surface area contributed by atoms with E-state index in [2.05, 4.69) is 23.6 Å². The summed E-state index contributed by atoms with van der Waals surface area (Å²) in [6.45, 7) is 5.99. The third-order valence-electron chi connectivity index (χ3n) is 2.97. The molecule has 0 aliphatic carbocycles. The molecule has 5 nitrogen and oxygen atoms in total. The Morgan fingerprint density at radius 2 is 2.00 bits per heavy atom. The molecule has 0 saturated carbocycles. The van der Waals surface area contributed by atoms with E-state index in [1.807, 2.05) is 6.92 Å². The fourth-order valence-electron chi connectivity index (χ4n) is 1.89. The number of sulfonamides is 1. The molecule has 0 saturated heterocycles. The van der Waals surface area contributed by atoms with Crippen LogP contribution in [-0.2, 0) is 16.6 Å². The van der Waals surface area contributed by atoms with Gasteiger partial charge in [-0.3, -0.25) is 0 Å². The smallest absolute Gasteiger partial charge is 0.242 e. The Kier molecular flexibility index (Phi) is 6.03. The number of hydrogen-bond acceptors (Lipinski definition) is 3. The normalized spacial score (nSPS) is 13.9. The second-order valence-electron chi connectivity index (χ2n) is 5.37. The minimum atomic E-state index is -3.49. The zero-order chi connectivity index (χ0) is 14.5. The van der Waals surface area contributed by atoms with Crippen LogP contribution in [-0.4, -0.2) is 24.6 Å². The van der Waals surface area contributed by atoms with Crippen LogP contribution in [0.2, 0.25) is 0 Å². The van der Waals surface area contributed by atoms with Crippen molar-refractivity contribution in [3.05, 3.63) is 18.0 Å². The van der Waals surface area contributed by atoms with Gasteiger partial charge in [0.15, 0.2) is 0 Å². The van der Waals surface area contributed by atoms with Crippen molar-refractivity contribution in [3.8, 4) is 0 Å². The molecule has 3 N–H and O–H groups in total. The molecule has 1 rings (SSSR count). The molecule has 1 atom stereocenters. The van der Waals surface area contributed by atoms with Gasteiger partial charge < -0.3 is 10.1 Å². The van der Waals surface area contributed by atoms with Crippen molar-refractivity contribution >= 4 is 10.0 Å². The average molecular weight is 288 g/mol. The van der Waals surface area contributed by atoms with Gasteiger partial charge in [-0.1, -0.05) is 26.7 Å². The predicted octanol–water partition coefficient (Wildman–Crippen LogP) is 2.00. The van der Waals surface area contributed by atoms with Crippen molar-refractivity contribution in [1.82, 2.24) is 9.71 Å². The zero-order valence-electron chi connectivity index (χ0n) is 11.8. The van der Waals surface area contributed by atoms with Crippen molar-refractivity contribution < 1.29 is 13.5 Å². The largest absolute Gasteiger partial charge is 0.390 e. The van der Waals surface area contributed by atoms with Crippen LogP contribution in [0.1, 0.15) is 45.7 Å². The number of aliphatic hydroxyl groups is 1. The highest BCUT2D eigenvalue weighted by Gasteiger charge is 2.18. The van der Waals surface area contributed by atoms with Crippen LogP contribution >= 0.6 is 0 Å². The van der Waals surface area contributed by atoms with Gasteiger partial charge in [-0.25, -0.2) is 13.1 Å². The lowest BCUT2D eigenvalue weighted by Crippen LogP contribution is -2.32. The number of aliphatic hydroxyl groups excluding tert-OH is 1. The van der Waals surface area contributed by atoms with E-state index in [9.17, 15) is 8.42 Å². The highest BCUT2D eigenvalue weighted by atomic mass is 32.2. The molecular weight excluding hydrogens is 264 g/mol. The average Bonchev–Trinajstić information content (AvgIpc) is 2.76. The van der Waals surface area contributed by atoms with Gasteiger partial charge in [-0.05, 0) is 25.3 Å². The fraction of sp³-hybridized carbons (Fsp3) is 0.692. The van der Waals surface area contributed by atoms with E-state index in [1.165, 1.54) is 12.3 Å². The van der Waals surface area contributed by atoms with E-state index < -0.39 is 10.0 Å². The molecule has 1 aromatic heterocycles. The van der Waals surface area contributed by atoms with E-state index in [1.54, 1.807) is 0 Å². The van der Waals surface area contributed by atoms with Crippen molar-refractivity contribution in [2.75, 3.05) is 0 Å². The lowest BCUT2D eigenvalue weighted by atomic mass is 10.0. The number of nitrogens with one attached hydrogen (secondary N) is 2. The molecule has 6 heteroatoms. The third kappa shape index (κ3) is 5.34. The van der Waals surface area contributed by atoms with Crippen molar-refractivity contribution in [1.29, 1.82) is 0 Å². The van der Waals surface area contributed by atoms with Gasteiger partial charge in [-0.2, -0.15) is 0 Å². The standard InChI is InChI=1S/C13H24N2O3S/c1-10(2)5-4-6-11(3)15-19(17,18)13-7-12(9-16)14-8-13/h7-8,10-11,14-16H,4-6,9H2,1-3H3. The van der Waals surface area contributed by atoms with E-state index >= 15 is 0 Å². The summed E-state index contributed by atoms with van der Waals surface area (Å²) in [4.78, 5) is 2.90. The van der Waals surface area contributed by atoms with Gasteiger partial charge in [0.05, 0.1) is 11.5 Å². The third-order valence-corrected chi connectivity index (χ3v) is 4.54. The summed E-state index contributed by atoms with van der Waals surface area (Å²) in [6.07, 6.45) is 4.34. The number of hydrogen-bond donors (Lipinski definition) is 3. The first-order valence-electron chi connectivity index (χ1n) is 6.65. The first-order valence-corrected chi connectivity index (χ1v) is 8.14. The molecule has 0 radical (unpaired) electrons. The van der Waals surface area contributed by atoms with Gasteiger partial charge in [0.25, 0.3) is 0 Å². The van der Waals surface area contributed by atoms with Crippen molar-refractivity contribution in [3.63, 3.8) is 0 Å². The molecule has 0 bridgehead atoms. The molecule has 1 heterocycles. The first kappa shape index (κ1) is 16.2. The highest BCUT2D eigenvalue weighted by Crippen LogP contribution is 2.13. The molecule has 19 heavy (non-hydrogen) atoms.